The zero-order valence-corrected chi connectivity index (χ0v) is 16.6. The van der Waals surface area contributed by atoms with Gasteiger partial charge in [-0.3, -0.25) is 19.3 Å². The van der Waals surface area contributed by atoms with Crippen molar-refractivity contribution in [2.75, 3.05) is 13.6 Å². The average Bonchev–Trinajstić information content (AvgIpc) is 2.75. The minimum atomic E-state index is -0.323. The zero-order valence-electron chi connectivity index (χ0n) is 16.6. The van der Waals surface area contributed by atoms with Gasteiger partial charge in [0.2, 0.25) is 5.91 Å². The smallest absolute Gasteiger partial charge is 0.261 e. The number of rotatable bonds is 6. The van der Waals surface area contributed by atoms with Crippen LogP contribution in [0.15, 0.2) is 60.7 Å². The minimum absolute atomic E-state index is 0.0984. The van der Waals surface area contributed by atoms with E-state index in [-0.39, 0.29) is 36.5 Å². The van der Waals surface area contributed by atoms with E-state index < -0.39 is 0 Å². The number of hydrogen-bond acceptors (Lipinski definition) is 3. The van der Waals surface area contributed by atoms with E-state index in [9.17, 15) is 18.8 Å². The Hall–Kier alpha value is -3.54. The van der Waals surface area contributed by atoms with Crippen molar-refractivity contribution < 1.29 is 18.8 Å². The molecule has 0 unspecified atom stereocenters. The van der Waals surface area contributed by atoms with Gasteiger partial charge in [-0.1, -0.05) is 36.4 Å². The third-order valence-corrected chi connectivity index (χ3v) is 5.39. The predicted octanol–water partition coefficient (Wildman–Crippen LogP) is 4.01. The number of hydrogen-bond donors (Lipinski definition) is 0. The summed E-state index contributed by atoms with van der Waals surface area (Å²) in [7, 11) is 1.68. The summed E-state index contributed by atoms with van der Waals surface area (Å²) in [6.07, 6.45) is 0.586. The van der Waals surface area contributed by atoms with Crippen LogP contribution in [-0.2, 0) is 11.3 Å². The molecule has 6 heteroatoms. The van der Waals surface area contributed by atoms with Gasteiger partial charge in [0.05, 0.1) is 0 Å². The second-order valence-corrected chi connectivity index (χ2v) is 7.45. The molecule has 1 aliphatic rings. The Morgan fingerprint density at radius 3 is 2.13 bits per heavy atom. The van der Waals surface area contributed by atoms with Crippen LogP contribution >= 0.6 is 0 Å². The van der Waals surface area contributed by atoms with Crippen LogP contribution in [0.25, 0.3) is 10.8 Å². The second kappa shape index (κ2) is 8.06. The summed E-state index contributed by atoms with van der Waals surface area (Å²) >= 11 is 0. The molecule has 1 heterocycles. The number of benzene rings is 3. The molecule has 0 bridgehead atoms. The molecule has 0 aromatic heterocycles. The molecule has 3 aromatic rings. The van der Waals surface area contributed by atoms with Gasteiger partial charge in [-0.15, -0.1) is 0 Å². The maximum Gasteiger partial charge on any atom is 0.261 e. The average molecular weight is 404 g/mol. The molecule has 0 saturated carbocycles. The molecule has 3 amide bonds. The zero-order chi connectivity index (χ0) is 21.3. The highest BCUT2D eigenvalue weighted by atomic mass is 19.1. The SMILES string of the molecule is CN(Cc1ccc(F)cc1)C(=O)CCCN1C(=O)c2cccc3cccc(c23)C1=O. The number of carbonyl (C=O) groups excluding carboxylic acids is 3. The van der Waals surface area contributed by atoms with Crippen LogP contribution in [0.4, 0.5) is 4.39 Å². The highest BCUT2D eigenvalue weighted by molar-refractivity contribution is 6.25. The summed E-state index contributed by atoms with van der Waals surface area (Å²) in [5, 5.41) is 1.56. The largest absolute Gasteiger partial charge is 0.341 e. The third-order valence-electron chi connectivity index (χ3n) is 5.39. The molecule has 3 aromatic carbocycles. The first-order valence-corrected chi connectivity index (χ1v) is 9.82. The normalized spacial score (nSPS) is 13.1. The topological polar surface area (TPSA) is 57.7 Å². The van der Waals surface area contributed by atoms with Crippen molar-refractivity contribution >= 4 is 28.5 Å². The summed E-state index contributed by atoms with van der Waals surface area (Å²) in [5.41, 5.74) is 1.86. The van der Waals surface area contributed by atoms with Crippen molar-refractivity contribution in [1.29, 1.82) is 0 Å². The Balaban J connectivity index is 1.39. The predicted molar refractivity (Wildman–Crippen MR) is 111 cm³/mol. The summed E-state index contributed by atoms with van der Waals surface area (Å²) in [6, 6.07) is 16.8. The molecule has 152 valence electrons. The van der Waals surface area contributed by atoms with E-state index >= 15 is 0 Å². The maximum atomic E-state index is 13.0. The molecule has 0 atom stereocenters. The van der Waals surface area contributed by atoms with Crippen LogP contribution in [0.1, 0.15) is 39.1 Å². The number of imide groups is 1. The van der Waals surface area contributed by atoms with Crippen molar-refractivity contribution in [2.24, 2.45) is 0 Å². The first kappa shape index (κ1) is 19.8. The van der Waals surface area contributed by atoms with Crippen LogP contribution < -0.4 is 0 Å². The summed E-state index contributed by atoms with van der Waals surface area (Å²) in [6.45, 7) is 0.550. The molecule has 4 rings (SSSR count). The lowest BCUT2D eigenvalue weighted by molar-refractivity contribution is -0.130. The van der Waals surface area contributed by atoms with Gasteiger partial charge in [0, 0.05) is 43.1 Å². The number of halogens is 1. The van der Waals surface area contributed by atoms with E-state index in [1.807, 2.05) is 12.1 Å². The van der Waals surface area contributed by atoms with Crippen LogP contribution in [0.5, 0.6) is 0 Å². The molecular formula is C24H21FN2O3. The van der Waals surface area contributed by atoms with E-state index in [0.717, 1.165) is 10.9 Å². The Bertz CT molecular complexity index is 1090. The van der Waals surface area contributed by atoms with Gasteiger partial charge in [-0.05, 0) is 41.6 Å². The molecule has 0 fully saturated rings. The minimum Gasteiger partial charge on any atom is -0.341 e. The molecular weight excluding hydrogens is 383 g/mol. The highest BCUT2D eigenvalue weighted by Gasteiger charge is 2.32. The molecule has 5 nitrogen and oxygen atoms in total. The van der Waals surface area contributed by atoms with E-state index in [2.05, 4.69) is 0 Å². The molecule has 0 saturated heterocycles. The van der Waals surface area contributed by atoms with Gasteiger partial charge >= 0.3 is 0 Å². The van der Waals surface area contributed by atoms with Crippen LogP contribution in [0.2, 0.25) is 0 Å². The first-order chi connectivity index (χ1) is 14.5. The Morgan fingerprint density at radius 1 is 0.933 bits per heavy atom. The van der Waals surface area contributed by atoms with Crippen molar-refractivity contribution in [1.82, 2.24) is 9.80 Å². The Labute approximate surface area is 173 Å². The quantitative estimate of drug-likeness (QED) is 0.583. The lowest BCUT2D eigenvalue weighted by atomic mass is 9.94. The molecule has 1 aliphatic heterocycles. The van der Waals surface area contributed by atoms with Gasteiger partial charge < -0.3 is 4.90 Å². The lowest BCUT2D eigenvalue weighted by Gasteiger charge is -2.27. The van der Waals surface area contributed by atoms with Crippen molar-refractivity contribution in [3.8, 4) is 0 Å². The van der Waals surface area contributed by atoms with Gasteiger partial charge in [0.1, 0.15) is 5.82 Å². The van der Waals surface area contributed by atoms with Gasteiger partial charge in [0.25, 0.3) is 11.8 Å². The fourth-order valence-corrected chi connectivity index (χ4v) is 3.81. The van der Waals surface area contributed by atoms with Gasteiger partial charge in [-0.2, -0.15) is 0 Å². The second-order valence-electron chi connectivity index (χ2n) is 7.45. The Kier molecular flexibility index (Phi) is 5.31. The molecule has 30 heavy (non-hydrogen) atoms. The van der Waals surface area contributed by atoms with E-state index in [0.29, 0.717) is 29.5 Å². The van der Waals surface area contributed by atoms with Gasteiger partial charge in [0.15, 0.2) is 0 Å². The van der Waals surface area contributed by atoms with E-state index in [4.69, 9.17) is 0 Å². The lowest BCUT2D eigenvalue weighted by Crippen LogP contribution is -2.41. The molecule has 0 radical (unpaired) electrons. The summed E-state index contributed by atoms with van der Waals surface area (Å²) < 4.78 is 13.0. The highest BCUT2D eigenvalue weighted by Crippen LogP contribution is 2.30. The maximum absolute atomic E-state index is 13.0. The molecule has 0 N–H and O–H groups in total. The molecule has 0 spiro atoms. The number of amides is 3. The van der Waals surface area contributed by atoms with Crippen LogP contribution in [0, 0.1) is 5.82 Å². The summed E-state index contributed by atoms with van der Waals surface area (Å²) in [4.78, 5) is 41.0. The van der Waals surface area contributed by atoms with Crippen molar-refractivity contribution in [2.45, 2.75) is 19.4 Å². The number of carbonyl (C=O) groups is 3. The fraction of sp³-hybridized carbons (Fsp3) is 0.208. The Morgan fingerprint density at radius 2 is 1.53 bits per heavy atom. The monoisotopic (exact) mass is 404 g/mol. The summed E-state index contributed by atoms with van der Waals surface area (Å²) in [5.74, 6) is -1.06. The standard InChI is InChI=1S/C24H21FN2O3/c1-26(15-16-10-12-18(25)13-11-16)21(28)9-4-14-27-23(29)19-7-2-5-17-6-3-8-20(22(17)19)24(27)30/h2-3,5-8,10-13H,4,9,14-15H2,1H3. The van der Waals surface area contributed by atoms with Crippen LogP contribution in [-0.4, -0.2) is 41.1 Å². The number of nitrogens with zero attached hydrogens (tertiary/aromatic N) is 2. The van der Waals surface area contributed by atoms with E-state index in [1.165, 1.54) is 17.0 Å². The van der Waals surface area contributed by atoms with E-state index in [1.54, 1.807) is 48.3 Å². The van der Waals surface area contributed by atoms with Crippen LogP contribution in [0.3, 0.4) is 0 Å². The third kappa shape index (κ3) is 3.68. The van der Waals surface area contributed by atoms with Crippen molar-refractivity contribution in [3.63, 3.8) is 0 Å². The first-order valence-electron chi connectivity index (χ1n) is 9.82. The van der Waals surface area contributed by atoms with Gasteiger partial charge in [-0.25, -0.2) is 4.39 Å². The van der Waals surface area contributed by atoms with Crippen molar-refractivity contribution in [3.05, 3.63) is 83.2 Å². The fourth-order valence-electron chi connectivity index (χ4n) is 3.81. The molecule has 0 aliphatic carbocycles.